The molecule has 0 nitrogen and oxygen atoms in total. The van der Waals surface area contributed by atoms with Crippen LogP contribution in [0.5, 0.6) is 0 Å². The summed E-state index contributed by atoms with van der Waals surface area (Å²) in [6, 6.07) is 0. The third-order valence-electron chi connectivity index (χ3n) is 1.47. The first kappa shape index (κ1) is 5.61. The fraction of sp³-hybridized carbons (Fsp3) is 0.500. The molecule has 0 unspecified atom stereocenters. The van der Waals surface area contributed by atoms with Gasteiger partial charge in [0.25, 0.3) is 0 Å². The van der Waals surface area contributed by atoms with Crippen LogP contribution in [0.2, 0.25) is 0 Å². The number of rotatable bonds is 2. The second kappa shape index (κ2) is 1.77. The molecule has 0 aromatic rings. The van der Waals surface area contributed by atoms with Crippen LogP contribution in [0.25, 0.3) is 0 Å². The van der Waals surface area contributed by atoms with Crippen molar-refractivity contribution in [3.63, 3.8) is 0 Å². The van der Waals surface area contributed by atoms with Gasteiger partial charge in [-0.1, -0.05) is 23.3 Å². The molecule has 0 heteroatoms. The SMILES string of the molecule is C=C(C)CC1=C(C)C1. The molecule has 8 heavy (non-hydrogen) atoms. The molecule has 0 spiro atoms. The Hall–Kier alpha value is -0.520. The Morgan fingerprint density at radius 2 is 2.25 bits per heavy atom. The highest BCUT2D eigenvalue weighted by molar-refractivity contribution is 5.35. The first-order valence-corrected chi connectivity index (χ1v) is 3.02. The highest BCUT2D eigenvalue weighted by Crippen LogP contribution is 2.34. The van der Waals surface area contributed by atoms with E-state index in [0.29, 0.717) is 0 Å². The van der Waals surface area contributed by atoms with Crippen LogP contribution in [0.4, 0.5) is 0 Å². The van der Waals surface area contributed by atoms with Crippen LogP contribution in [-0.4, -0.2) is 0 Å². The Labute approximate surface area is 50.9 Å². The topological polar surface area (TPSA) is 0 Å². The summed E-state index contributed by atoms with van der Waals surface area (Å²) in [5.41, 5.74) is 4.47. The first-order chi connectivity index (χ1) is 3.70. The zero-order chi connectivity index (χ0) is 6.15. The predicted octanol–water partition coefficient (Wildman–Crippen LogP) is 2.67. The molecule has 0 N–H and O–H groups in total. The van der Waals surface area contributed by atoms with Crippen molar-refractivity contribution >= 4 is 0 Å². The van der Waals surface area contributed by atoms with E-state index in [0.717, 1.165) is 6.42 Å². The zero-order valence-electron chi connectivity index (χ0n) is 5.62. The van der Waals surface area contributed by atoms with Crippen molar-refractivity contribution in [3.8, 4) is 0 Å². The molecule has 1 aliphatic rings. The molecule has 44 valence electrons. The third kappa shape index (κ3) is 1.22. The Morgan fingerprint density at radius 3 is 2.38 bits per heavy atom. The highest BCUT2D eigenvalue weighted by Gasteiger charge is 2.14. The van der Waals surface area contributed by atoms with E-state index in [4.69, 9.17) is 0 Å². The first-order valence-electron chi connectivity index (χ1n) is 3.02. The zero-order valence-corrected chi connectivity index (χ0v) is 5.62. The van der Waals surface area contributed by atoms with Crippen molar-refractivity contribution < 1.29 is 0 Å². The summed E-state index contributed by atoms with van der Waals surface area (Å²) >= 11 is 0. The van der Waals surface area contributed by atoms with Gasteiger partial charge in [0.1, 0.15) is 0 Å². The van der Waals surface area contributed by atoms with E-state index >= 15 is 0 Å². The molecular formula is C8H12. The molecule has 0 heterocycles. The molecule has 0 saturated carbocycles. The van der Waals surface area contributed by atoms with E-state index < -0.39 is 0 Å². The summed E-state index contributed by atoms with van der Waals surface area (Å²) in [6.07, 6.45) is 2.42. The van der Waals surface area contributed by atoms with E-state index in [1.807, 2.05) is 0 Å². The molecule has 0 fully saturated rings. The molecule has 0 aliphatic heterocycles. The van der Waals surface area contributed by atoms with E-state index in [2.05, 4.69) is 20.4 Å². The van der Waals surface area contributed by atoms with Crippen molar-refractivity contribution in [1.82, 2.24) is 0 Å². The number of hydrogen-bond donors (Lipinski definition) is 0. The van der Waals surface area contributed by atoms with E-state index in [-0.39, 0.29) is 0 Å². The van der Waals surface area contributed by atoms with Gasteiger partial charge in [-0.15, -0.1) is 0 Å². The van der Waals surface area contributed by atoms with E-state index in [1.54, 1.807) is 11.1 Å². The van der Waals surface area contributed by atoms with Gasteiger partial charge in [-0.3, -0.25) is 0 Å². The van der Waals surface area contributed by atoms with Crippen LogP contribution in [0.1, 0.15) is 26.7 Å². The fourth-order valence-corrected chi connectivity index (χ4v) is 0.854. The summed E-state index contributed by atoms with van der Waals surface area (Å²) in [7, 11) is 0. The van der Waals surface area contributed by atoms with Crippen molar-refractivity contribution in [2.75, 3.05) is 0 Å². The molecular weight excluding hydrogens is 96.1 g/mol. The number of hydrogen-bond acceptors (Lipinski definition) is 0. The quantitative estimate of drug-likeness (QED) is 0.477. The lowest BCUT2D eigenvalue weighted by Crippen LogP contribution is -1.67. The minimum absolute atomic E-state index is 1.14. The van der Waals surface area contributed by atoms with Crippen LogP contribution in [0, 0.1) is 0 Å². The summed E-state index contributed by atoms with van der Waals surface area (Å²) in [5.74, 6) is 0. The summed E-state index contributed by atoms with van der Waals surface area (Å²) in [4.78, 5) is 0. The summed E-state index contributed by atoms with van der Waals surface area (Å²) in [6.45, 7) is 8.11. The lowest BCUT2D eigenvalue weighted by molar-refractivity contribution is 1.16. The van der Waals surface area contributed by atoms with Crippen molar-refractivity contribution in [1.29, 1.82) is 0 Å². The van der Waals surface area contributed by atoms with Gasteiger partial charge in [0.05, 0.1) is 0 Å². The van der Waals surface area contributed by atoms with Gasteiger partial charge in [0, 0.05) is 0 Å². The summed E-state index contributed by atoms with van der Waals surface area (Å²) < 4.78 is 0. The van der Waals surface area contributed by atoms with Gasteiger partial charge in [-0.25, -0.2) is 0 Å². The van der Waals surface area contributed by atoms with Crippen molar-refractivity contribution in [2.24, 2.45) is 0 Å². The van der Waals surface area contributed by atoms with E-state index in [1.165, 1.54) is 12.0 Å². The maximum atomic E-state index is 3.84. The minimum Gasteiger partial charge on any atom is -0.0998 e. The molecule has 0 saturated heterocycles. The largest absolute Gasteiger partial charge is 0.0998 e. The van der Waals surface area contributed by atoms with E-state index in [9.17, 15) is 0 Å². The molecule has 0 radical (unpaired) electrons. The van der Waals surface area contributed by atoms with Crippen molar-refractivity contribution in [3.05, 3.63) is 23.3 Å². The molecule has 1 rings (SSSR count). The lowest BCUT2D eigenvalue weighted by Gasteiger charge is -1.87. The minimum atomic E-state index is 1.14. The average molecular weight is 108 g/mol. The van der Waals surface area contributed by atoms with Crippen LogP contribution in [-0.2, 0) is 0 Å². The van der Waals surface area contributed by atoms with Crippen LogP contribution in [0.3, 0.4) is 0 Å². The predicted molar refractivity (Wildman–Crippen MR) is 36.7 cm³/mol. The van der Waals surface area contributed by atoms with Crippen LogP contribution >= 0.6 is 0 Å². The van der Waals surface area contributed by atoms with Gasteiger partial charge in [-0.2, -0.15) is 0 Å². The second-order valence-corrected chi connectivity index (χ2v) is 2.69. The van der Waals surface area contributed by atoms with Crippen LogP contribution in [0.15, 0.2) is 23.3 Å². The van der Waals surface area contributed by atoms with Gasteiger partial charge in [0.15, 0.2) is 0 Å². The van der Waals surface area contributed by atoms with Crippen molar-refractivity contribution in [2.45, 2.75) is 26.7 Å². The van der Waals surface area contributed by atoms with Gasteiger partial charge in [-0.05, 0) is 26.7 Å². The maximum Gasteiger partial charge on any atom is -0.0102 e. The highest BCUT2D eigenvalue weighted by atomic mass is 14.2. The number of allylic oxidation sites excluding steroid dienone is 3. The average Bonchev–Trinajstić information content (AvgIpc) is 2.17. The van der Waals surface area contributed by atoms with Gasteiger partial charge in [0.2, 0.25) is 0 Å². The summed E-state index contributed by atoms with van der Waals surface area (Å²) in [5, 5.41) is 0. The van der Waals surface area contributed by atoms with Gasteiger partial charge < -0.3 is 0 Å². The third-order valence-corrected chi connectivity index (χ3v) is 1.47. The Balaban J connectivity index is 2.33. The molecule has 0 atom stereocenters. The lowest BCUT2D eigenvalue weighted by atomic mass is 10.2. The maximum absolute atomic E-state index is 3.84. The Bertz CT molecular complexity index is 149. The second-order valence-electron chi connectivity index (χ2n) is 2.69. The Kier molecular flexibility index (Phi) is 1.24. The molecule has 0 aromatic carbocycles. The monoisotopic (exact) mass is 108 g/mol. The van der Waals surface area contributed by atoms with Gasteiger partial charge >= 0.3 is 0 Å². The van der Waals surface area contributed by atoms with Crippen LogP contribution < -0.4 is 0 Å². The molecule has 1 aliphatic carbocycles. The molecule has 0 aromatic heterocycles. The standard InChI is InChI=1S/C8H12/c1-6(2)4-8-5-7(8)3/h1,4-5H2,2-3H3. The molecule has 0 amide bonds. The Morgan fingerprint density at radius 1 is 1.75 bits per heavy atom. The normalized spacial score (nSPS) is 16.8. The smallest absolute Gasteiger partial charge is 0.0102 e. The fourth-order valence-electron chi connectivity index (χ4n) is 0.854. The molecule has 0 bridgehead atoms.